The molecule has 2 atom stereocenters. The Morgan fingerprint density at radius 3 is 0.784 bits per heavy atom. The quantitative estimate of drug-likeness (QED) is 0.0211. The summed E-state index contributed by atoms with van der Waals surface area (Å²) in [5.41, 5.74) is 0. The van der Waals surface area contributed by atoms with Gasteiger partial charge in [0.05, 0.1) is 27.7 Å². The highest BCUT2D eigenvalue weighted by atomic mass is 31.2. The minimum atomic E-state index is -4.41. The first-order valence-electron chi connectivity index (χ1n) is 40.8. The standard InChI is InChI=1S/C92H150NO8P/c1-6-8-10-12-14-16-18-20-22-24-26-28-30-32-34-36-38-40-42-44-45-46-47-49-51-53-55-57-59-61-63-65-67-69-71-73-75-77-79-81-83-85-92(95)101-90(89-100-102(96,97)99-87-86-93(3,4)5)88-98-91(94)84-82-80-78-76-74-72-70-68-66-64-62-60-58-56-54-52-50-48-43-41-39-37-35-33-31-29-27-25-23-21-19-17-15-13-11-9-7-2/h8-11,14-17,20-23,26-29,32-35,38-41,44-45,47-50,53,55,59,61,90H,6-7,12-13,18-19,24-25,30-31,36-37,42-43,46,51-52,54,56-58,60,62-89H2,1-5H3/p+1/b10-8-,11-9-,16-14-,17-15-,22-20-,23-21-,28-26-,29-27-,34-32-,35-33-,40-38-,41-39-,45-44-,49-47-,50-48-,55-53-,61-59-. The number of hydrogen-bond donors (Lipinski definition) is 1. The number of phosphoric ester groups is 1. The summed E-state index contributed by atoms with van der Waals surface area (Å²) >= 11 is 0. The molecule has 0 aliphatic heterocycles. The molecule has 0 amide bonds. The molecule has 0 fully saturated rings. The van der Waals surface area contributed by atoms with Gasteiger partial charge in [-0.25, -0.2) is 4.57 Å². The SMILES string of the molecule is CC/C=C\C/C=C\C/C=C\C/C=C\C/C=C\C/C=C\C/C=C\C/C=C\C/C=C\C/C=C\CCCCCCCCCCCCC(=O)OC(COC(=O)CCCCCCCCCCCCCCCCC/C=C\C/C=C\C/C=C\C/C=C\C/C=C\C/C=C\C/C=C\CC)COP(=O)(O)OCC[N+](C)(C)C. The molecule has 0 aliphatic rings. The van der Waals surface area contributed by atoms with E-state index in [0.29, 0.717) is 17.4 Å². The van der Waals surface area contributed by atoms with Crippen molar-refractivity contribution in [1.29, 1.82) is 0 Å². The summed E-state index contributed by atoms with van der Waals surface area (Å²) in [5, 5.41) is 0. The van der Waals surface area contributed by atoms with E-state index < -0.39 is 26.5 Å². The molecule has 0 spiro atoms. The van der Waals surface area contributed by atoms with Crippen LogP contribution in [0.2, 0.25) is 0 Å². The fraction of sp³-hybridized carbons (Fsp3) is 0.609. The number of carbonyl (C=O) groups excluding carboxylic acids is 2. The topological polar surface area (TPSA) is 108 Å². The highest BCUT2D eigenvalue weighted by molar-refractivity contribution is 7.47. The van der Waals surface area contributed by atoms with Crippen LogP contribution in [-0.2, 0) is 32.7 Å². The Kier molecular flexibility index (Phi) is 75.5. The van der Waals surface area contributed by atoms with Crippen LogP contribution in [0.1, 0.15) is 309 Å². The number of phosphoric acid groups is 1. The van der Waals surface area contributed by atoms with Gasteiger partial charge in [0.15, 0.2) is 6.10 Å². The Bertz CT molecular complexity index is 2480. The van der Waals surface area contributed by atoms with Gasteiger partial charge in [-0.15, -0.1) is 0 Å². The zero-order chi connectivity index (χ0) is 74.0. The molecule has 0 aromatic carbocycles. The average Bonchev–Trinajstić information content (AvgIpc) is 0.916. The van der Waals surface area contributed by atoms with E-state index in [0.717, 1.165) is 154 Å². The van der Waals surface area contributed by atoms with Crippen LogP contribution in [0.3, 0.4) is 0 Å². The third-order valence-corrected chi connectivity index (χ3v) is 17.8. The van der Waals surface area contributed by atoms with Gasteiger partial charge in [0.25, 0.3) is 0 Å². The molecule has 0 radical (unpaired) electrons. The third-order valence-electron chi connectivity index (χ3n) is 16.8. The van der Waals surface area contributed by atoms with E-state index in [1.54, 1.807) is 0 Å². The molecule has 0 bridgehead atoms. The fourth-order valence-electron chi connectivity index (χ4n) is 10.7. The second-order valence-corrected chi connectivity index (χ2v) is 29.1. The largest absolute Gasteiger partial charge is 0.472 e. The number of nitrogens with zero attached hydrogens (tertiary/aromatic N) is 1. The molecule has 102 heavy (non-hydrogen) atoms. The van der Waals surface area contributed by atoms with E-state index in [1.165, 1.54) is 122 Å². The lowest BCUT2D eigenvalue weighted by molar-refractivity contribution is -0.870. The second-order valence-electron chi connectivity index (χ2n) is 27.7. The number of hydrogen-bond acceptors (Lipinski definition) is 7. The molecular weight excluding hydrogens is 1280 g/mol. The van der Waals surface area contributed by atoms with Crippen molar-refractivity contribution in [3.8, 4) is 0 Å². The van der Waals surface area contributed by atoms with Crippen LogP contribution in [0.15, 0.2) is 207 Å². The Morgan fingerprint density at radius 2 is 0.529 bits per heavy atom. The molecule has 2 unspecified atom stereocenters. The van der Waals surface area contributed by atoms with Crippen molar-refractivity contribution < 1.29 is 42.1 Å². The molecule has 10 heteroatoms. The Labute approximate surface area is 627 Å². The van der Waals surface area contributed by atoms with Gasteiger partial charge in [-0.05, 0) is 148 Å². The minimum absolute atomic E-state index is 0.0223. The Morgan fingerprint density at radius 1 is 0.304 bits per heavy atom. The van der Waals surface area contributed by atoms with E-state index in [1.807, 2.05) is 21.1 Å². The molecule has 0 aromatic rings. The monoisotopic (exact) mass is 1430 g/mol. The van der Waals surface area contributed by atoms with Crippen LogP contribution in [0.4, 0.5) is 0 Å². The van der Waals surface area contributed by atoms with Gasteiger partial charge in [0.2, 0.25) is 0 Å². The first-order valence-corrected chi connectivity index (χ1v) is 42.3. The van der Waals surface area contributed by atoms with Crippen molar-refractivity contribution in [3.05, 3.63) is 207 Å². The van der Waals surface area contributed by atoms with Crippen LogP contribution >= 0.6 is 7.82 Å². The maximum Gasteiger partial charge on any atom is 0.472 e. The predicted molar refractivity (Wildman–Crippen MR) is 445 cm³/mol. The molecule has 0 rings (SSSR count). The number of quaternary nitrogens is 1. The van der Waals surface area contributed by atoms with Crippen LogP contribution in [0, 0.1) is 0 Å². The van der Waals surface area contributed by atoms with Crippen molar-refractivity contribution in [2.45, 2.75) is 315 Å². The van der Waals surface area contributed by atoms with E-state index >= 15 is 0 Å². The van der Waals surface area contributed by atoms with Crippen LogP contribution in [0.25, 0.3) is 0 Å². The number of unbranched alkanes of at least 4 members (excludes halogenated alkanes) is 25. The Balaban J connectivity index is 4.05. The average molecular weight is 1430 g/mol. The summed E-state index contributed by atoms with van der Waals surface area (Å²) in [7, 11) is 1.46. The summed E-state index contributed by atoms with van der Waals surface area (Å²) in [4.78, 5) is 36.0. The minimum Gasteiger partial charge on any atom is -0.462 e. The van der Waals surface area contributed by atoms with Gasteiger partial charge >= 0.3 is 19.8 Å². The fourth-order valence-corrected chi connectivity index (χ4v) is 11.4. The van der Waals surface area contributed by atoms with Gasteiger partial charge in [0, 0.05) is 12.8 Å². The summed E-state index contributed by atoms with van der Waals surface area (Å²) < 4.78 is 34.8. The normalized spacial score (nSPS) is 14.1. The number of carbonyl (C=O) groups is 2. The summed E-state index contributed by atoms with van der Waals surface area (Å²) in [5.74, 6) is -0.807. The number of likely N-dealkylation sites (N-methyl/N-ethyl adjacent to an activating group) is 1. The zero-order valence-corrected chi connectivity index (χ0v) is 66.7. The molecule has 0 aliphatic carbocycles. The number of ether oxygens (including phenoxy) is 2. The van der Waals surface area contributed by atoms with E-state index in [4.69, 9.17) is 18.5 Å². The number of rotatable bonds is 73. The molecule has 0 saturated carbocycles. The molecule has 576 valence electrons. The lowest BCUT2D eigenvalue weighted by atomic mass is 10.0. The summed E-state index contributed by atoms with van der Waals surface area (Å²) in [6, 6.07) is 0. The van der Waals surface area contributed by atoms with Crippen molar-refractivity contribution in [2.75, 3.05) is 47.5 Å². The van der Waals surface area contributed by atoms with Gasteiger partial charge < -0.3 is 18.9 Å². The molecule has 1 N–H and O–H groups in total. The van der Waals surface area contributed by atoms with Crippen molar-refractivity contribution >= 4 is 19.8 Å². The maximum absolute atomic E-state index is 12.9. The van der Waals surface area contributed by atoms with Crippen molar-refractivity contribution in [1.82, 2.24) is 0 Å². The van der Waals surface area contributed by atoms with Crippen LogP contribution in [-0.4, -0.2) is 74.9 Å². The lowest BCUT2D eigenvalue weighted by Crippen LogP contribution is -2.37. The number of allylic oxidation sites excluding steroid dienone is 34. The maximum atomic E-state index is 12.9. The summed E-state index contributed by atoms with van der Waals surface area (Å²) in [6.45, 7) is 4.20. The molecule has 9 nitrogen and oxygen atoms in total. The van der Waals surface area contributed by atoms with E-state index in [9.17, 15) is 19.0 Å². The molecule has 0 saturated heterocycles. The first kappa shape index (κ1) is 96.6. The van der Waals surface area contributed by atoms with Crippen LogP contribution < -0.4 is 0 Å². The van der Waals surface area contributed by atoms with Crippen LogP contribution in [0.5, 0.6) is 0 Å². The van der Waals surface area contributed by atoms with E-state index in [2.05, 4.69) is 220 Å². The number of esters is 2. The lowest BCUT2D eigenvalue weighted by Gasteiger charge is -2.24. The Hall–Kier alpha value is -5.41. The van der Waals surface area contributed by atoms with Gasteiger partial charge in [-0.1, -0.05) is 355 Å². The molecule has 0 heterocycles. The van der Waals surface area contributed by atoms with E-state index in [-0.39, 0.29) is 32.0 Å². The second kappa shape index (κ2) is 79.7. The van der Waals surface area contributed by atoms with Gasteiger partial charge in [-0.2, -0.15) is 0 Å². The highest BCUT2D eigenvalue weighted by Crippen LogP contribution is 2.43. The molecule has 0 aromatic heterocycles. The zero-order valence-electron chi connectivity index (χ0n) is 65.8. The summed E-state index contributed by atoms with van der Waals surface area (Å²) in [6.07, 6.45) is 125. The van der Waals surface area contributed by atoms with Gasteiger partial charge in [0.1, 0.15) is 19.8 Å². The van der Waals surface area contributed by atoms with Crippen molar-refractivity contribution in [2.24, 2.45) is 0 Å². The third kappa shape index (κ3) is 83.5. The predicted octanol–water partition coefficient (Wildman–Crippen LogP) is 27.7. The van der Waals surface area contributed by atoms with Crippen molar-refractivity contribution in [3.63, 3.8) is 0 Å². The first-order chi connectivity index (χ1) is 50.0. The molecular formula is C92H151NO8P+. The van der Waals surface area contributed by atoms with Gasteiger partial charge in [-0.3, -0.25) is 18.6 Å². The smallest absolute Gasteiger partial charge is 0.462 e. The highest BCUT2D eigenvalue weighted by Gasteiger charge is 2.27.